The molecule has 0 bridgehead atoms. The molecule has 1 aliphatic rings. The van der Waals surface area contributed by atoms with Gasteiger partial charge in [0.05, 0.1) is 0 Å². The lowest BCUT2D eigenvalue weighted by molar-refractivity contribution is -0.124. The van der Waals surface area contributed by atoms with Crippen LogP contribution < -0.4 is 5.73 Å². The van der Waals surface area contributed by atoms with Crippen LogP contribution in [0.5, 0.6) is 0 Å². The van der Waals surface area contributed by atoms with Gasteiger partial charge in [-0.25, -0.2) is 0 Å². The fourth-order valence-corrected chi connectivity index (χ4v) is 2.03. The number of carbonyl (C=O) groups is 1. The lowest BCUT2D eigenvalue weighted by Gasteiger charge is -2.25. The van der Waals surface area contributed by atoms with Crippen LogP contribution in [0.15, 0.2) is 12.2 Å². The molecular weight excluding hydrogens is 150 g/mol. The highest BCUT2D eigenvalue weighted by Gasteiger charge is 2.39. The highest BCUT2D eigenvalue weighted by Crippen LogP contribution is 2.39. The van der Waals surface area contributed by atoms with Gasteiger partial charge in [-0.3, -0.25) is 4.79 Å². The molecule has 0 aromatic carbocycles. The summed E-state index contributed by atoms with van der Waals surface area (Å²) in [5.41, 5.74) is 6.06. The van der Waals surface area contributed by atoms with Gasteiger partial charge < -0.3 is 5.73 Å². The molecule has 0 saturated heterocycles. The van der Waals surface area contributed by atoms with Gasteiger partial charge in [-0.2, -0.15) is 0 Å². The van der Waals surface area contributed by atoms with Crippen molar-refractivity contribution in [3.05, 3.63) is 12.2 Å². The summed E-state index contributed by atoms with van der Waals surface area (Å²) in [4.78, 5) is 11.7. The zero-order valence-corrected chi connectivity index (χ0v) is 7.73. The van der Waals surface area contributed by atoms with E-state index in [9.17, 15) is 4.79 Å². The van der Waals surface area contributed by atoms with Crippen molar-refractivity contribution < 1.29 is 4.79 Å². The van der Waals surface area contributed by atoms with Gasteiger partial charge in [0, 0.05) is 12.0 Å². The van der Waals surface area contributed by atoms with Crippen molar-refractivity contribution in [3.8, 4) is 0 Å². The van der Waals surface area contributed by atoms with Gasteiger partial charge in [-0.1, -0.05) is 19.4 Å². The van der Waals surface area contributed by atoms with E-state index < -0.39 is 0 Å². The Morgan fingerprint density at radius 3 is 2.33 bits per heavy atom. The zero-order chi connectivity index (χ0) is 9.19. The first-order valence-electron chi connectivity index (χ1n) is 4.53. The number of Topliss-reactive ketones (excluding diaryl/α,β-unsaturated/α-hetero) is 1. The Labute approximate surface area is 73.8 Å². The first-order chi connectivity index (χ1) is 5.62. The molecule has 12 heavy (non-hydrogen) atoms. The van der Waals surface area contributed by atoms with Gasteiger partial charge in [-0.05, 0) is 25.3 Å². The van der Waals surface area contributed by atoms with E-state index in [1.54, 1.807) is 6.92 Å². The molecule has 2 heteroatoms. The summed E-state index contributed by atoms with van der Waals surface area (Å²) in [7, 11) is 0. The largest absolute Gasteiger partial charge is 0.329 e. The third-order valence-electron chi connectivity index (χ3n) is 2.82. The fraction of sp³-hybridized carbons (Fsp3) is 0.700. The van der Waals surface area contributed by atoms with E-state index in [1.807, 2.05) is 0 Å². The average Bonchev–Trinajstić information content (AvgIpc) is 2.52. The van der Waals surface area contributed by atoms with Crippen molar-refractivity contribution in [3.63, 3.8) is 0 Å². The highest BCUT2D eigenvalue weighted by atomic mass is 16.1. The number of rotatable bonds is 3. The number of ketones is 1. The first-order valence-corrected chi connectivity index (χ1v) is 4.53. The van der Waals surface area contributed by atoms with Crippen molar-refractivity contribution in [2.45, 2.75) is 32.6 Å². The Morgan fingerprint density at radius 2 is 2.00 bits per heavy atom. The number of hydrogen-bond acceptors (Lipinski definition) is 2. The summed E-state index contributed by atoms with van der Waals surface area (Å²) in [6.45, 7) is 5.95. The second-order valence-corrected chi connectivity index (χ2v) is 3.80. The molecule has 1 aliphatic carbocycles. The Balaban J connectivity index is 2.79. The minimum Gasteiger partial charge on any atom is -0.329 e. The molecule has 0 spiro atoms. The SMILES string of the molecule is C=C(C)C(=O)C1(CN)CCCC1. The first kappa shape index (κ1) is 9.46. The van der Waals surface area contributed by atoms with E-state index in [-0.39, 0.29) is 11.2 Å². The zero-order valence-electron chi connectivity index (χ0n) is 7.73. The summed E-state index contributed by atoms with van der Waals surface area (Å²) < 4.78 is 0. The molecule has 1 fully saturated rings. The predicted octanol–water partition coefficient (Wildman–Crippen LogP) is 1.65. The highest BCUT2D eigenvalue weighted by molar-refractivity contribution is 5.99. The Kier molecular flexibility index (Phi) is 2.68. The summed E-state index contributed by atoms with van der Waals surface area (Å²) in [6.07, 6.45) is 4.18. The topological polar surface area (TPSA) is 43.1 Å². The van der Waals surface area contributed by atoms with Gasteiger partial charge in [0.15, 0.2) is 5.78 Å². The van der Waals surface area contributed by atoms with E-state index in [1.165, 1.54) is 0 Å². The number of carbonyl (C=O) groups excluding carboxylic acids is 1. The normalized spacial score (nSPS) is 20.8. The lowest BCUT2D eigenvalue weighted by atomic mass is 9.79. The average molecular weight is 167 g/mol. The van der Waals surface area contributed by atoms with Gasteiger partial charge in [-0.15, -0.1) is 0 Å². The van der Waals surface area contributed by atoms with Gasteiger partial charge in [0.1, 0.15) is 0 Å². The summed E-state index contributed by atoms with van der Waals surface area (Å²) >= 11 is 0. The smallest absolute Gasteiger partial charge is 0.165 e. The third kappa shape index (κ3) is 1.44. The number of nitrogens with two attached hydrogens (primary N) is 1. The Bertz CT molecular complexity index is 202. The van der Waals surface area contributed by atoms with Crippen molar-refractivity contribution in [2.75, 3.05) is 6.54 Å². The maximum Gasteiger partial charge on any atom is 0.165 e. The summed E-state index contributed by atoms with van der Waals surface area (Å²) in [5, 5.41) is 0. The van der Waals surface area contributed by atoms with Crippen LogP contribution in [0.2, 0.25) is 0 Å². The molecule has 0 aromatic heterocycles. The molecule has 0 atom stereocenters. The quantitative estimate of drug-likeness (QED) is 0.649. The van der Waals surface area contributed by atoms with Gasteiger partial charge in [0.25, 0.3) is 0 Å². The van der Waals surface area contributed by atoms with Crippen LogP contribution in [0.25, 0.3) is 0 Å². The number of allylic oxidation sites excluding steroid dienone is 1. The van der Waals surface area contributed by atoms with Crippen molar-refractivity contribution >= 4 is 5.78 Å². The van der Waals surface area contributed by atoms with Crippen molar-refractivity contribution in [2.24, 2.45) is 11.1 Å². The molecule has 0 amide bonds. The van der Waals surface area contributed by atoms with Crippen molar-refractivity contribution in [1.82, 2.24) is 0 Å². The molecular formula is C10H17NO. The maximum absolute atomic E-state index is 11.7. The minimum absolute atomic E-state index is 0.183. The molecule has 2 N–H and O–H groups in total. The Hall–Kier alpha value is -0.630. The summed E-state index contributed by atoms with van der Waals surface area (Å²) in [6, 6.07) is 0. The third-order valence-corrected chi connectivity index (χ3v) is 2.82. The van der Waals surface area contributed by atoms with E-state index in [4.69, 9.17) is 5.73 Å². The van der Waals surface area contributed by atoms with E-state index >= 15 is 0 Å². The van der Waals surface area contributed by atoms with Crippen molar-refractivity contribution in [1.29, 1.82) is 0 Å². The van der Waals surface area contributed by atoms with Crippen LogP contribution in [0.3, 0.4) is 0 Å². The predicted molar refractivity (Wildman–Crippen MR) is 49.8 cm³/mol. The molecule has 1 rings (SSSR count). The molecule has 0 aromatic rings. The molecule has 2 nitrogen and oxygen atoms in total. The molecule has 1 saturated carbocycles. The van der Waals surface area contributed by atoms with E-state index in [0.717, 1.165) is 25.7 Å². The molecule has 68 valence electrons. The molecule has 0 radical (unpaired) electrons. The fourth-order valence-electron chi connectivity index (χ4n) is 2.03. The Morgan fingerprint density at radius 1 is 1.50 bits per heavy atom. The van der Waals surface area contributed by atoms with E-state index in [0.29, 0.717) is 12.1 Å². The monoisotopic (exact) mass is 167 g/mol. The maximum atomic E-state index is 11.7. The lowest BCUT2D eigenvalue weighted by Crippen LogP contribution is -2.36. The van der Waals surface area contributed by atoms with Crippen LogP contribution in [-0.4, -0.2) is 12.3 Å². The van der Waals surface area contributed by atoms with Crippen LogP contribution in [0, 0.1) is 5.41 Å². The second-order valence-electron chi connectivity index (χ2n) is 3.80. The van der Waals surface area contributed by atoms with E-state index in [2.05, 4.69) is 6.58 Å². The molecule has 0 unspecified atom stereocenters. The second kappa shape index (κ2) is 3.40. The van der Waals surface area contributed by atoms with Crippen LogP contribution in [0.1, 0.15) is 32.6 Å². The molecule has 0 aliphatic heterocycles. The van der Waals surface area contributed by atoms with Crippen LogP contribution in [0.4, 0.5) is 0 Å². The minimum atomic E-state index is -0.244. The standard InChI is InChI=1S/C10H17NO/c1-8(2)9(12)10(7-11)5-3-4-6-10/h1,3-7,11H2,2H3. The van der Waals surface area contributed by atoms with Gasteiger partial charge >= 0.3 is 0 Å². The number of hydrogen-bond donors (Lipinski definition) is 1. The van der Waals surface area contributed by atoms with Gasteiger partial charge in [0.2, 0.25) is 0 Å². The van der Waals surface area contributed by atoms with Crippen LogP contribution >= 0.6 is 0 Å². The van der Waals surface area contributed by atoms with Crippen LogP contribution in [-0.2, 0) is 4.79 Å². The summed E-state index contributed by atoms with van der Waals surface area (Å²) in [5.74, 6) is 0.183. The molecule has 0 heterocycles.